The fourth-order valence-corrected chi connectivity index (χ4v) is 4.68. The lowest BCUT2D eigenvalue weighted by atomic mass is 9.94. The van der Waals surface area contributed by atoms with Crippen molar-refractivity contribution in [2.45, 2.75) is 26.1 Å². The number of halogens is 1. The van der Waals surface area contributed by atoms with Crippen LogP contribution in [0.4, 0.5) is 4.39 Å². The fourth-order valence-electron chi connectivity index (χ4n) is 4.68. The Morgan fingerprint density at radius 3 is 2.45 bits per heavy atom. The van der Waals surface area contributed by atoms with Crippen molar-refractivity contribution in [3.8, 4) is 11.5 Å². The third-order valence-electron chi connectivity index (χ3n) is 6.80. The van der Waals surface area contributed by atoms with E-state index in [-0.39, 0.29) is 17.7 Å². The van der Waals surface area contributed by atoms with E-state index in [2.05, 4.69) is 4.98 Å². The molecule has 40 heavy (non-hydrogen) atoms. The highest BCUT2D eigenvalue weighted by molar-refractivity contribution is 6.46. The number of aryl methyl sites for hydroxylation is 1. The van der Waals surface area contributed by atoms with Gasteiger partial charge < -0.3 is 19.5 Å². The molecule has 202 valence electrons. The van der Waals surface area contributed by atoms with E-state index in [0.29, 0.717) is 34.8 Å². The van der Waals surface area contributed by atoms with Crippen LogP contribution in [-0.4, -0.2) is 33.8 Å². The Labute approximate surface area is 231 Å². The molecule has 4 aromatic rings. The van der Waals surface area contributed by atoms with Crippen LogP contribution >= 0.6 is 0 Å². The number of likely N-dealkylation sites (tertiary alicyclic amines) is 1. The third kappa shape index (κ3) is 5.29. The molecule has 0 aliphatic carbocycles. The molecule has 1 fully saturated rings. The lowest BCUT2D eigenvalue weighted by Gasteiger charge is -2.26. The molecule has 1 aromatic heterocycles. The van der Waals surface area contributed by atoms with Gasteiger partial charge in [0.1, 0.15) is 18.2 Å². The van der Waals surface area contributed by atoms with Crippen molar-refractivity contribution in [2.24, 2.45) is 0 Å². The maximum absolute atomic E-state index is 14.4. The van der Waals surface area contributed by atoms with E-state index >= 15 is 0 Å². The smallest absolute Gasteiger partial charge is 0.295 e. The molecular weight excluding hydrogens is 511 g/mol. The number of carbonyl (C=O) groups excluding carboxylic acids is 2. The van der Waals surface area contributed by atoms with Crippen LogP contribution in [0.15, 0.2) is 96.8 Å². The molecule has 1 unspecified atom stereocenters. The molecule has 1 aliphatic rings. The third-order valence-corrected chi connectivity index (χ3v) is 6.80. The highest BCUT2D eigenvalue weighted by atomic mass is 19.1. The number of aliphatic hydroxyl groups is 1. The van der Waals surface area contributed by atoms with Gasteiger partial charge in [0, 0.05) is 24.5 Å². The van der Waals surface area contributed by atoms with E-state index in [9.17, 15) is 19.1 Å². The standard InChI is InChI=1S/C32H27FN2O5/c1-20-10-11-24(15-25(20)33)30(36)28-29(35(32(38)31(28)37)18-22-9-6-14-34-17-22)23-12-13-26(27(16-23)39-2)40-19-21-7-4-3-5-8-21/h3-17,29,36H,18-19H2,1-2H3/b30-28-. The van der Waals surface area contributed by atoms with Crippen LogP contribution in [-0.2, 0) is 22.7 Å². The molecule has 5 rings (SSSR count). The summed E-state index contributed by atoms with van der Waals surface area (Å²) in [5.74, 6) is -1.78. The number of benzene rings is 3. The van der Waals surface area contributed by atoms with Gasteiger partial charge in [0.05, 0.1) is 18.7 Å². The summed E-state index contributed by atoms with van der Waals surface area (Å²) in [6, 6.07) is 21.5. The number of ketones is 1. The van der Waals surface area contributed by atoms with E-state index in [0.717, 1.165) is 11.6 Å². The number of methoxy groups -OCH3 is 1. The Bertz CT molecular complexity index is 1590. The molecule has 2 heterocycles. The van der Waals surface area contributed by atoms with Gasteiger partial charge in [-0.05, 0) is 53.4 Å². The molecule has 1 atom stereocenters. The van der Waals surface area contributed by atoms with E-state index < -0.39 is 29.3 Å². The monoisotopic (exact) mass is 538 g/mol. The summed E-state index contributed by atoms with van der Waals surface area (Å²) in [5.41, 5.74) is 2.54. The number of rotatable bonds is 8. The van der Waals surface area contributed by atoms with Gasteiger partial charge in [0.15, 0.2) is 11.5 Å². The van der Waals surface area contributed by atoms with Gasteiger partial charge in [0.25, 0.3) is 11.7 Å². The number of Topliss-reactive ketones (excluding diaryl/α,β-unsaturated/α-hetero) is 1. The maximum Gasteiger partial charge on any atom is 0.295 e. The molecule has 8 heteroatoms. The second-order valence-electron chi connectivity index (χ2n) is 9.44. The Morgan fingerprint density at radius 1 is 0.975 bits per heavy atom. The lowest BCUT2D eigenvalue weighted by molar-refractivity contribution is -0.140. The Balaban J connectivity index is 1.58. The zero-order valence-electron chi connectivity index (χ0n) is 22.0. The number of pyridine rings is 1. The van der Waals surface area contributed by atoms with Crippen LogP contribution < -0.4 is 9.47 Å². The van der Waals surface area contributed by atoms with Crippen molar-refractivity contribution in [3.63, 3.8) is 0 Å². The van der Waals surface area contributed by atoms with Gasteiger partial charge in [-0.15, -0.1) is 0 Å². The van der Waals surface area contributed by atoms with Crippen molar-refractivity contribution in [1.29, 1.82) is 0 Å². The Kier molecular flexibility index (Phi) is 7.59. The average Bonchev–Trinajstić information content (AvgIpc) is 3.23. The van der Waals surface area contributed by atoms with Crippen LogP contribution in [0.2, 0.25) is 0 Å². The zero-order valence-corrected chi connectivity index (χ0v) is 22.0. The van der Waals surface area contributed by atoms with E-state index in [4.69, 9.17) is 9.47 Å². The zero-order chi connectivity index (χ0) is 28.2. The van der Waals surface area contributed by atoms with E-state index in [1.807, 2.05) is 30.3 Å². The van der Waals surface area contributed by atoms with E-state index in [1.54, 1.807) is 49.6 Å². The molecule has 0 spiro atoms. The molecule has 7 nitrogen and oxygen atoms in total. The van der Waals surface area contributed by atoms with Crippen LogP contribution in [0.25, 0.3) is 5.76 Å². The largest absolute Gasteiger partial charge is 0.507 e. The second-order valence-corrected chi connectivity index (χ2v) is 9.44. The first-order valence-corrected chi connectivity index (χ1v) is 12.7. The molecule has 3 aromatic carbocycles. The number of aromatic nitrogens is 1. The minimum Gasteiger partial charge on any atom is -0.507 e. The molecule has 1 saturated heterocycles. The average molecular weight is 539 g/mol. The number of amides is 1. The minimum atomic E-state index is -0.971. The molecule has 0 bridgehead atoms. The first-order valence-electron chi connectivity index (χ1n) is 12.7. The van der Waals surface area contributed by atoms with Crippen molar-refractivity contribution < 1.29 is 28.6 Å². The quantitative estimate of drug-likeness (QED) is 0.175. The van der Waals surface area contributed by atoms with Gasteiger partial charge in [0.2, 0.25) is 0 Å². The number of ether oxygens (including phenoxy) is 2. The predicted octanol–water partition coefficient (Wildman–Crippen LogP) is 5.74. The summed E-state index contributed by atoms with van der Waals surface area (Å²) in [7, 11) is 1.50. The van der Waals surface area contributed by atoms with E-state index in [1.165, 1.54) is 24.1 Å². The van der Waals surface area contributed by atoms with Crippen molar-refractivity contribution in [1.82, 2.24) is 9.88 Å². The number of nitrogens with zero attached hydrogens (tertiary/aromatic N) is 2. The molecule has 1 amide bonds. The van der Waals surface area contributed by atoms with Gasteiger partial charge in [-0.2, -0.15) is 0 Å². The molecule has 0 radical (unpaired) electrons. The highest BCUT2D eigenvalue weighted by Crippen LogP contribution is 2.43. The SMILES string of the molecule is COc1cc(C2/C(=C(/O)c3ccc(C)c(F)c3)C(=O)C(=O)N2Cc2cccnc2)ccc1OCc1ccccc1. The minimum absolute atomic E-state index is 0.0662. The van der Waals surface area contributed by atoms with Gasteiger partial charge >= 0.3 is 0 Å². The maximum atomic E-state index is 14.4. The van der Waals surface area contributed by atoms with Crippen molar-refractivity contribution in [2.75, 3.05) is 7.11 Å². The van der Waals surface area contributed by atoms with Crippen LogP contribution in [0, 0.1) is 12.7 Å². The first-order chi connectivity index (χ1) is 19.4. The molecule has 1 N–H and O–H groups in total. The molecule has 1 aliphatic heterocycles. The number of aliphatic hydroxyl groups excluding tert-OH is 1. The normalized spacial score (nSPS) is 16.3. The fraction of sp³-hybridized carbons (Fsp3) is 0.156. The Hall–Kier alpha value is -4.98. The van der Waals surface area contributed by atoms with Crippen LogP contribution in [0.3, 0.4) is 0 Å². The van der Waals surface area contributed by atoms with Crippen LogP contribution in [0.1, 0.15) is 33.9 Å². The summed E-state index contributed by atoms with van der Waals surface area (Å²) < 4.78 is 26.0. The summed E-state index contributed by atoms with van der Waals surface area (Å²) in [5, 5.41) is 11.3. The lowest BCUT2D eigenvalue weighted by Crippen LogP contribution is -2.29. The van der Waals surface area contributed by atoms with Gasteiger partial charge in [-0.1, -0.05) is 54.6 Å². The number of hydrogen-bond acceptors (Lipinski definition) is 6. The predicted molar refractivity (Wildman–Crippen MR) is 147 cm³/mol. The molecular formula is C32H27FN2O5. The molecule has 0 saturated carbocycles. The Morgan fingerprint density at radius 2 is 1.75 bits per heavy atom. The van der Waals surface area contributed by atoms with Crippen molar-refractivity contribution in [3.05, 3.63) is 130 Å². The number of carbonyl (C=O) groups is 2. The summed E-state index contributed by atoms with van der Waals surface area (Å²) in [6.45, 7) is 1.98. The second kappa shape index (κ2) is 11.4. The van der Waals surface area contributed by atoms with Gasteiger partial charge in [-0.3, -0.25) is 14.6 Å². The van der Waals surface area contributed by atoms with Crippen LogP contribution in [0.5, 0.6) is 11.5 Å². The number of hydrogen-bond donors (Lipinski definition) is 1. The summed E-state index contributed by atoms with van der Waals surface area (Å²) in [4.78, 5) is 32.2. The highest BCUT2D eigenvalue weighted by Gasteiger charge is 2.46. The topological polar surface area (TPSA) is 89.0 Å². The van der Waals surface area contributed by atoms with Crippen molar-refractivity contribution >= 4 is 17.4 Å². The summed E-state index contributed by atoms with van der Waals surface area (Å²) >= 11 is 0. The first kappa shape index (κ1) is 26.6. The van der Waals surface area contributed by atoms with Gasteiger partial charge in [-0.25, -0.2) is 4.39 Å². The summed E-state index contributed by atoms with van der Waals surface area (Å²) in [6.07, 6.45) is 3.22.